The fraction of sp³-hybridized carbons (Fsp3) is 0.625. The van der Waals surface area contributed by atoms with Crippen LogP contribution in [0.2, 0.25) is 0 Å². The highest BCUT2D eigenvalue weighted by Gasteiger charge is 2.17. The molecule has 1 saturated carbocycles. The lowest BCUT2D eigenvalue weighted by Crippen LogP contribution is -2.23. The third kappa shape index (κ3) is 3.95. The summed E-state index contributed by atoms with van der Waals surface area (Å²) in [5.74, 6) is 0.785. The molecule has 1 heterocycles. The lowest BCUT2D eigenvalue weighted by atomic mass is 10.0. The Morgan fingerprint density at radius 2 is 2.10 bits per heavy atom. The van der Waals surface area contributed by atoms with Crippen molar-refractivity contribution in [1.82, 2.24) is 9.88 Å². The Labute approximate surface area is 121 Å². The fourth-order valence-electron chi connectivity index (χ4n) is 2.73. The van der Waals surface area contributed by atoms with E-state index in [1.807, 2.05) is 12.1 Å². The van der Waals surface area contributed by atoms with Crippen LogP contribution in [0.5, 0.6) is 0 Å². The third-order valence-corrected chi connectivity index (χ3v) is 4.01. The first-order valence-corrected chi connectivity index (χ1v) is 7.50. The zero-order valence-electron chi connectivity index (χ0n) is 12.7. The predicted octanol–water partition coefficient (Wildman–Crippen LogP) is 3.16. The quantitative estimate of drug-likeness (QED) is 0.862. The topological polar surface area (TPSA) is 45.2 Å². The van der Waals surface area contributed by atoms with Crippen molar-refractivity contribution in [1.29, 1.82) is 0 Å². The first-order valence-electron chi connectivity index (χ1n) is 7.50. The van der Waals surface area contributed by atoms with Gasteiger partial charge in [0.2, 0.25) is 0 Å². The van der Waals surface area contributed by atoms with Crippen LogP contribution in [0, 0.1) is 5.92 Å². The van der Waals surface area contributed by atoms with Crippen molar-refractivity contribution in [2.75, 3.05) is 19.4 Å². The van der Waals surface area contributed by atoms with E-state index < -0.39 is 0 Å². The number of carbonyl (C=O) groups is 1. The van der Waals surface area contributed by atoms with E-state index in [0.29, 0.717) is 11.7 Å². The summed E-state index contributed by atoms with van der Waals surface area (Å²) in [6.45, 7) is 2.34. The molecule has 2 atom stereocenters. The molecule has 4 nitrogen and oxygen atoms in total. The molecule has 2 rings (SSSR count). The van der Waals surface area contributed by atoms with Gasteiger partial charge in [-0.1, -0.05) is 19.8 Å². The molecule has 1 aliphatic rings. The summed E-state index contributed by atoms with van der Waals surface area (Å²) in [5, 5.41) is 3.56. The number of pyridine rings is 1. The number of nitrogens with one attached hydrogen (secondary N) is 1. The van der Waals surface area contributed by atoms with Gasteiger partial charge < -0.3 is 10.2 Å². The molecular formula is C16H25N3O. The van der Waals surface area contributed by atoms with Gasteiger partial charge in [-0.2, -0.15) is 0 Å². The van der Waals surface area contributed by atoms with Crippen LogP contribution in [-0.2, 0) is 0 Å². The Hall–Kier alpha value is -1.58. The summed E-state index contributed by atoms with van der Waals surface area (Å²) < 4.78 is 0. The second kappa shape index (κ2) is 6.73. The number of hydrogen-bond donors (Lipinski definition) is 1. The number of anilines is 1. The number of hydrogen-bond acceptors (Lipinski definition) is 3. The van der Waals surface area contributed by atoms with Gasteiger partial charge in [-0.25, -0.2) is 0 Å². The zero-order valence-corrected chi connectivity index (χ0v) is 12.7. The van der Waals surface area contributed by atoms with Gasteiger partial charge in [0.05, 0.1) is 0 Å². The van der Waals surface area contributed by atoms with Gasteiger partial charge in [0, 0.05) is 32.0 Å². The van der Waals surface area contributed by atoms with E-state index in [1.165, 1.54) is 32.1 Å². The molecular weight excluding hydrogens is 250 g/mol. The molecule has 0 spiro atoms. The van der Waals surface area contributed by atoms with Gasteiger partial charge in [-0.15, -0.1) is 0 Å². The van der Waals surface area contributed by atoms with Crippen LogP contribution in [0.4, 0.5) is 5.69 Å². The molecule has 1 aromatic heterocycles. The first-order chi connectivity index (χ1) is 9.56. The molecule has 2 unspecified atom stereocenters. The number of aromatic nitrogens is 1. The fourth-order valence-corrected chi connectivity index (χ4v) is 2.73. The standard InChI is InChI=1S/C16H25N3O/c1-12-5-4-6-13(8-7-12)18-14-9-10-17-15(11-14)16(20)19(2)3/h9-13H,4-8H2,1-3H3,(H,17,18). The maximum absolute atomic E-state index is 11.9. The van der Waals surface area contributed by atoms with E-state index in [9.17, 15) is 4.79 Å². The van der Waals surface area contributed by atoms with E-state index in [1.54, 1.807) is 25.2 Å². The molecule has 1 fully saturated rings. The van der Waals surface area contributed by atoms with Crippen molar-refractivity contribution >= 4 is 11.6 Å². The molecule has 1 amide bonds. The SMILES string of the molecule is CC1CCCC(Nc2ccnc(C(=O)N(C)C)c2)CC1. The average molecular weight is 275 g/mol. The molecule has 1 N–H and O–H groups in total. The van der Waals surface area contributed by atoms with Crippen LogP contribution in [0.3, 0.4) is 0 Å². The molecule has 0 radical (unpaired) electrons. The molecule has 20 heavy (non-hydrogen) atoms. The Morgan fingerprint density at radius 1 is 1.30 bits per heavy atom. The van der Waals surface area contributed by atoms with E-state index >= 15 is 0 Å². The summed E-state index contributed by atoms with van der Waals surface area (Å²) in [7, 11) is 3.49. The van der Waals surface area contributed by atoms with Crippen LogP contribution < -0.4 is 5.32 Å². The highest BCUT2D eigenvalue weighted by molar-refractivity contribution is 5.92. The Morgan fingerprint density at radius 3 is 2.85 bits per heavy atom. The molecule has 1 aromatic rings. The molecule has 0 bridgehead atoms. The number of rotatable bonds is 3. The van der Waals surface area contributed by atoms with Gasteiger partial charge in [0.15, 0.2) is 0 Å². The lowest BCUT2D eigenvalue weighted by molar-refractivity contribution is 0.0822. The molecule has 4 heteroatoms. The monoisotopic (exact) mass is 275 g/mol. The highest BCUT2D eigenvalue weighted by Crippen LogP contribution is 2.25. The Bertz CT molecular complexity index is 459. The summed E-state index contributed by atoms with van der Waals surface area (Å²) in [6.07, 6.45) is 8.03. The van der Waals surface area contributed by atoms with Gasteiger partial charge in [0.1, 0.15) is 5.69 Å². The second-order valence-electron chi connectivity index (χ2n) is 6.08. The summed E-state index contributed by atoms with van der Waals surface area (Å²) >= 11 is 0. The Balaban J connectivity index is 2.02. The van der Waals surface area contributed by atoms with Gasteiger partial charge >= 0.3 is 0 Å². The van der Waals surface area contributed by atoms with Crippen molar-refractivity contribution in [3.63, 3.8) is 0 Å². The van der Waals surface area contributed by atoms with Crippen molar-refractivity contribution in [3.8, 4) is 0 Å². The van der Waals surface area contributed by atoms with Crippen LogP contribution in [0.25, 0.3) is 0 Å². The second-order valence-corrected chi connectivity index (χ2v) is 6.08. The van der Waals surface area contributed by atoms with E-state index in [-0.39, 0.29) is 5.91 Å². The van der Waals surface area contributed by atoms with Crippen LogP contribution in [0.15, 0.2) is 18.3 Å². The smallest absolute Gasteiger partial charge is 0.272 e. The lowest BCUT2D eigenvalue weighted by Gasteiger charge is -2.18. The number of nitrogens with zero attached hydrogens (tertiary/aromatic N) is 2. The maximum atomic E-state index is 11.9. The van der Waals surface area contributed by atoms with Gasteiger partial charge in [0.25, 0.3) is 5.91 Å². The van der Waals surface area contributed by atoms with Gasteiger partial charge in [-0.05, 0) is 37.3 Å². The van der Waals surface area contributed by atoms with E-state index in [4.69, 9.17) is 0 Å². The van der Waals surface area contributed by atoms with Crippen LogP contribution in [0.1, 0.15) is 49.5 Å². The first kappa shape index (κ1) is 14.8. The maximum Gasteiger partial charge on any atom is 0.272 e. The molecule has 1 aliphatic carbocycles. The molecule has 110 valence electrons. The van der Waals surface area contributed by atoms with E-state index in [0.717, 1.165) is 11.6 Å². The average Bonchev–Trinajstić information content (AvgIpc) is 2.63. The highest BCUT2D eigenvalue weighted by atomic mass is 16.2. The normalized spacial score (nSPS) is 22.9. The molecule has 0 saturated heterocycles. The molecule has 0 aliphatic heterocycles. The van der Waals surface area contributed by atoms with E-state index in [2.05, 4.69) is 17.2 Å². The van der Waals surface area contributed by atoms with Crippen molar-refractivity contribution in [2.24, 2.45) is 5.92 Å². The summed E-state index contributed by atoms with van der Waals surface area (Å²) in [6, 6.07) is 4.32. The number of amides is 1. The number of carbonyl (C=O) groups excluding carboxylic acids is 1. The largest absolute Gasteiger partial charge is 0.382 e. The summed E-state index contributed by atoms with van der Waals surface area (Å²) in [5.41, 5.74) is 1.51. The van der Waals surface area contributed by atoms with Crippen molar-refractivity contribution in [3.05, 3.63) is 24.0 Å². The zero-order chi connectivity index (χ0) is 14.5. The predicted molar refractivity (Wildman–Crippen MR) is 81.9 cm³/mol. The van der Waals surface area contributed by atoms with Gasteiger partial charge in [-0.3, -0.25) is 9.78 Å². The van der Waals surface area contributed by atoms with Crippen LogP contribution in [-0.4, -0.2) is 35.9 Å². The minimum atomic E-state index is -0.0526. The summed E-state index contributed by atoms with van der Waals surface area (Å²) in [4.78, 5) is 17.6. The Kier molecular flexibility index (Phi) is 4.99. The minimum absolute atomic E-state index is 0.0526. The van der Waals surface area contributed by atoms with Crippen LogP contribution >= 0.6 is 0 Å². The van der Waals surface area contributed by atoms with Crippen molar-refractivity contribution < 1.29 is 4.79 Å². The minimum Gasteiger partial charge on any atom is -0.382 e. The molecule has 0 aromatic carbocycles. The third-order valence-electron chi connectivity index (χ3n) is 4.01. The van der Waals surface area contributed by atoms with Crippen molar-refractivity contribution in [2.45, 2.75) is 45.1 Å².